The fraction of sp³-hybridized carbons (Fsp3) is 0.600. The van der Waals surface area contributed by atoms with Crippen molar-refractivity contribution < 1.29 is 9.53 Å². The van der Waals surface area contributed by atoms with Crippen LogP contribution in [-0.2, 0) is 4.74 Å². The minimum atomic E-state index is -0.467. The van der Waals surface area contributed by atoms with Gasteiger partial charge in [-0.05, 0) is 61.7 Å². The Balaban J connectivity index is 1.92. The molecule has 1 aromatic rings. The number of pyridine rings is 1. The highest BCUT2D eigenvalue weighted by molar-refractivity contribution is 9.10. The third kappa shape index (κ3) is 4.88. The maximum Gasteiger partial charge on any atom is 0.407 e. The molecular formula is C15H22BrN3O2. The first kappa shape index (κ1) is 16.1. The van der Waals surface area contributed by atoms with E-state index < -0.39 is 5.60 Å². The minimum absolute atomic E-state index is 0.263. The number of hydrogen-bond acceptors (Lipinski definition) is 4. The van der Waals surface area contributed by atoms with Crippen molar-refractivity contribution in [3.8, 4) is 0 Å². The first-order valence-corrected chi connectivity index (χ1v) is 8.00. The van der Waals surface area contributed by atoms with Crippen LogP contribution in [0.15, 0.2) is 22.8 Å². The third-order valence-electron chi connectivity index (χ3n) is 3.25. The quantitative estimate of drug-likeness (QED) is 0.844. The second-order valence-electron chi connectivity index (χ2n) is 6.19. The van der Waals surface area contributed by atoms with Crippen LogP contribution in [0.3, 0.4) is 0 Å². The Bertz CT molecular complexity index is 502. The van der Waals surface area contributed by atoms with Gasteiger partial charge in [-0.3, -0.25) is 0 Å². The number of hydrogen-bond donors (Lipinski definition) is 1. The number of anilines is 1. The molecule has 1 aliphatic heterocycles. The predicted octanol–water partition coefficient (Wildman–Crippen LogP) is 3.34. The highest BCUT2D eigenvalue weighted by Gasteiger charge is 2.26. The Morgan fingerprint density at radius 2 is 2.29 bits per heavy atom. The molecule has 1 aliphatic rings. The van der Waals surface area contributed by atoms with Crippen LogP contribution in [0.5, 0.6) is 0 Å². The summed E-state index contributed by atoms with van der Waals surface area (Å²) >= 11 is 3.40. The lowest BCUT2D eigenvalue weighted by Gasteiger charge is -2.27. The first-order valence-electron chi connectivity index (χ1n) is 7.21. The lowest BCUT2D eigenvalue weighted by Crippen LogP contribution is -2.42. The van der Waals surface area contributed by atoms with E-state index in [1.165, 1.54) is 0 Å². The van der Waals surface area contributed by atoms with Crippen molar-refractivity contribution >= 4 is 27.8 Å². The number of amides is 1. The number of carbonyl (C=O) groups excluding carboxylic acids is 1. The average molecular weight is 356 g/mol. The Hall–Kier alpha value is -1.30. The molecule has 2 heterocycles. The van der Waals surface area contributed by atoms with Gasteiger partial charge in [0.25, 0.3) is 0 Å². The molecule has 1 atom stereocenters. The highest BCUT2D eigenvalue weighted by Crippen LogP contribution is 2.24. The van der Waals surface area contributed by atoms with Gasteiger partial charge in [-0.2, -0.15) is 0 Å². The maximum atomic E-state index is 11.7. The van der Waals surface area contributed by atoms with E-state index in [2.05, 4.69) is 31.1 Å². The summed E-state index contributed by atoms with van der Waals surface area (Å²) in [5.41, 5.74) is -0.467. The molecule has 6 heteroatoms. The van der Waals surface area contributed by atoms with Gasteiger partial charge in [0.2, 0.25) is 0 Å². The van der Waals surface area contributed by atoms with Crippen LogP contribution in [0, 0.1) is 0 Å². The Morgan fingerprint density at radius 1 is 1.52 bits per heavy atom. The third-order valence-corrected chi connectivity index (χ3v) is 3.69. The second-order valence-corrected chi connectivity index (χ2v) is 7.00. The van der Waals surface area contributed by atoms with E-state index >= 15 is 0 Å². The van der Waals surface area contributed by atoms with Gasteiger partial charge in [0.05, 0.1) is 0 Å². The van der Waals surface area contributed by atoms with Crippen LogP contribution in [0.1, 0.15) is 33.6 Å². The first-order chi connectivity index (χ1) is 9.85. The molecule has 1 fully saturated rings. The summed E-state index contributed by atoms with van der Waals surface area (Å²) in [6.45, 7) is 7.12. The van der Waals surface area contributed by atoms with Crippen molar-refractivity contribution in [2.75, 3.05) is 18.0 Å². The van der Waals surface area contributed by atoms with Crippen LogP contribution in [0.4, 0.5) is 10.6 Å². The molecule has 1 N–H and O–H groups in total. The molecule has 116 valence electrons. The van der Waals surface area contributed by atoms with Crippen LogP contribution >= 0.6 is 15.9 Å². The average Bonchev–Trinajstić information content (AvgIpc) is 2.82. The number of rotatable bonds is 3. The van der Waals surface area contributed by atoms with Crippen molar-refractivity contribution in [1.82, 2.24) is 10.3 Å². The van der Waals surface area contributed by atoms with E-state index in [1.54, 1.807) is 0 Å². The van der Waals surface area contributed by atoms with E-state index in [1.807, 2.05) is 39.0 Å². The normalized spacial score (nSPS) is 18.7. The standard InChI is InChI=1S/C15H22BrN3O2/c1-15(2,3)21-14(20)17-10-11-6-5-9-19(11)13-8-4-7-12(16)18-13/h4,7-8,11H,5-6,9-10H2,1-3H3,(H,17,20)/t11-/m0/s1. The highest BCUT2D eigenvalue weighted by atomic mass is 79.9. The molecule has 1 saturated heterocycles. The summed E-state index contributed by atoms with van der Waals surface area (Å²) in [4.78, 5) is 18.5. The summed E-state index contributed by atoms with van der Waals surface area (Å²) in [5, 5.41) is 2.85. The van der Waals surface area contributed by atoms with Gasteiger partial charge in [-0.25, -0.2) is 9.78 Å². The lowest BCUT2D eigenvalue weighted by atomic mass is 10.2. The molecule has 0 radical (unpaired) electrons. The van der Waals surface area contributed by atoms with Gasteiger partial charge >= 0.3 is 6.09 Å². The Labute approximate surface area is 134 Å². The summed E-state index contributed by atoms with van der Waals surface area (Å²) in [7, 11) is 0. The van der Waals surface area contributed by atoms with E-state index in [0.29, 0.717) is 6.54 Å². The number of nitrogens with one attached hydrogen (secondary N) is 1. The summed E-state index contributed by atoms with van der Waals surface area (Å²) < 4.78 is 6.09. The van der Waals surface area contributed by atoms with Crippen molar-refractivity contribution in [2.24, 2.45) is 0 Å². The molecule has 1 aromatic heterocycles. The second kappa shape index (κ2) is 6.64. The van der Waals surface area contributed by atoms with Crippen LogP contribution in [-0.4, -0.2) is 35.8 Å². The molecule has 5 nitrogen and oxygen atoms in total. The van der Waals surface area contributed by atoms with Crippen molar-refractivity contribution in [2.45, 2.75) is 45.3 Å². The van der Waals surface area contributed by atoms with E-state index in [4.69, 9.17) is 4.74 Å². The number of halogens is 1. The zero-order valence-corrected chi connectivity index (χ0v) is 14.3. The maximum absolute atomic E-state index is 11.7. The summed E-state index contributed by atoms with van der Waals surface area (Å²) in [5.74, 6) is 0.942. The molecule has 21 heavy (non-hydrogen) atoms. The summed E-state index contributed by atoms with van der Waals surface area (Å²) in [6.07, 6.45) is 1.79. The molecule has 0 aromatic carbocycles. The molecule has 0 bridgehead atoms. The van der Waals surface area contributed by atoms with Gasteiger partial charge in [0.15, 0.2) is 0 Å². The molecule has 0 spiro atoms. The van der Waals surface area contributed by atoms with Gasteiger partial charge in [-0.15, -0.1) is 0 Å². The largest absolute Gasteiger partial charge is 0.444 e. The number of nitrogens with zero attached hydrogens (tertiary/aromatic N) is 2. The van der Waals surface area contributed by atoms with E-state index in [9.17, 15) is 4.79 Å². The fourth-order valence-corrected chi connectivity index (χ4v) is 2.76. The lowest BCUT2D eigenvalue weighted by molar-refractivity contribution is 0.0525. The minimum Gasteiger partial charge on any atom is -0.444 e. The Morgan fingerprint density at radius 3 is 2.95 bits per heavy atom. The number of aromatic nitrogens is 1. The number of alkyl carbamates (subject to hydrolysis) is 1. The monoisotopic (exact) mass is 355 g/mol. The van der Waals surface area contributed by atoms with E-state index in [0.717, 1.165) is 29.8 Å². The van der Waals surface area contributed by atoms with Crippen LogP contribution in [0.25, 0.3) is 0 Å². The fourth-order valence-electron chi connectivity index (χ4n) is 2.42. The molecule has 1 amide bonds. The summed E-state index contributed by atoms with van der Waals surface area (Å²) in [6, 6.07) is 6.15. The molecule has 0 saturated carbocycles. The predicted molar refractivity (Wildman–Crippen MR) is 86.5 cm³/mol. The zero-order valence-electron chi connectivity index (χ0n) is 12.7. The van der Waals surface area contributed by atoms with Crippen LogP contribution in [0.2, 0.25) is 0 Å². The number of ether oxygens (including phenoxy) is 1. The molecule has 2 rings (SSSR count). The van der Waals surface area contributed by atoms with Crippen molar-refractivity contribution in [1.29, 1.82) is 0 Å². The number of carbonyl (C=O) groups is 1. The van der Waals surface area contributed by atoms with Gasteiger partial charge in [0.1, 0.15) is 16.0 Å². The zero-order chi connectivity index (χ0) is 15.5. The SMILES string of the molecule is CC(C)(C)OC(=O)NC[C@@H]1CCCN1c1cccc(Br)n1. The van der Waals surface area contributed by atoms with Gasteiger partial charge in [-0.1, -0.05) is 6.07 Å². The topological polar surface area (TPSA) is 54.5 Å². The Kier molecular flexibility index (Phi) is 5.08. The van der Waals surface area contributed by atoms with Gasteiger partial charge in [0, 0.05) is 19.1 Å². The van der Waals surface area contributed by atoms with E-state index in [-0.39, 0.29) is 12.1 Å². The van der Waals surface area contributed by atoms with Gasteiger partial charge < -0.3 is 15.0 Å². The smallest absolute Gasteiger partial charge is 0.407 e. The van der Waals surface area contributed by atoms with Crippen LogP contribution < -0.4 is 10.2 Å². The molecule has 0 aliphatic carbocycles. The van der Waals surface area contributed by atoms with Crippen molar-refractivity contribution in [3.05, 3.63) is 22.8 Å². The molecule has 0 unspecified atom stereocenters. The van der Waals surface area contributed by atoms with Crippen molar-refractivity contribution in [3.63, 3.8) is 0 Å². The molecular weight excluding hydrogens is 334 g/mol.